The third-order valence-electron chi connectivity index (χ3n) is 4.22. The number of anilines is 2. The van der Waals surface area contributed by atoms with E-state index in [1.807, 2.05) is 23.1 Å². The summed E-state index contributed by atoms with van der Waals surface area (Å²) in [5.74, 6) is 0. The second kappa shape index (κ2) is 6.39. The van der Waals surface area contributed by atoms with Crippen LogP contribution in [0, 0.1) is 0 Å². The lowest BCUT2D eigenvalue weighted by Gasteiger charge is -2.37. The molecular weight excluding hydrogens is 323 g/mol. The molecule has 1 aliphatic heterocycles. The van der Waals surface area contributed by atoms with Crippen LogP contribution in [0.3, 0.4) is 0 Å². The van der Waals surface area contributed by atoms with Crippen LogP contribution in [0.1, 0.15) is 17.7 Å². The van der Waals surface area contributed by atoms with Gasteiger partial charge in [0.25, 0.3) is 0 Å². The van der Waals surface area contributed by atoms with Gasteiger partial charge in [-0.15, -0.1) is 0 Å². The summed E-state index contributed by atoms with van der Waals surface area (Å²) in [6.45, 7) is 1.46. The highest BCUT2D eigenvalue weighted by molar-refractivity contribution is 7.15. The van der Waals surface area contributed by atoms with Gasteiger partial charge in [0.15, 0.2) is 5.13 Å². The molecule has 0 saturated carbocycles. The van der Waals surface area contributed by atoms with Crippen LogP contribution in [0.2, 0.25) is 0 Å². The molecule has 7 heteroatoms. The lowest BCUT2D eigenvalue weighted by molar-refractivity contribution is -0.134. The molecule has 0 amide bonds. The summed E-state index contributed by atoms with van der Waals surface area (Å²) in [6.07, 6.45) is -1.55. The number of hydrogen-bond acceptors (Lipinski definition) is 4. The van der Waals surface area contributed by atoms with Crippen LogP contribution in [-0.4, -0.2) is 31.2 Å². The van der Waals surface area contributed by atoms with E-state index in [-0.39, 0.29) is 0 Å². The van der Waals surface area contributed by atoms with Crippen LogP contribution in [0.25, 0.3) is 0 Å². The second-order valence-corrected chi connectivity index (χ2v) is 6.68. The summed E-state index contributed by atoms with van der Waals surface area (Å²) in [5.41, 5.74) is 1.17. The first kappa shape index (κ1) is 16.1. The van der Waals surface area contributed by atoms with Crippen molar-refractivity contribution in [1.82, 2.24) is 4.98 Å². The van der Waals surface area contributed by atoms with Crippen LogP contribution in [0.5, 0.6) is 0 Å². The third kappa shape index (κ3) is 3.60. The van der Waals surface area contributed by atoms with Crippen molar-refractivity contribution >= 4 is 22.2 Å². The minimum atomic E-state index is -4.30. The number of halogens is 3. The lowest BCUT2D eigenvalue weighted by atomic mass is 10.0. The molecular formula is C16H18F3N3S. The first-order chi connectivity index (χ1) is 10.9. The molecule has 1 fully saturated rings. The fraction of sp³-hybridized carbons (Fsp3) is 0.438. The van der Waals surface area contributed by atoms with Gasteiger partial charge in [-0.3, -0.25) is 0 Å². The van der Waals surface area contributed by atoms with E-state index in [9.17, 15) is 13.2 Å². The van der Waals surface area contributed by atoms with E-state index in [2.05, 4.69) is 29.1 Å². The summed E-state index contributed by atoms with van der Waals surface area (Å²) >= 11 is 0.729. The van der Waals surface area contributed by atoms with Crippen molar-refractivity contribution in [3.05, 3.63) is 41.4 Å². The molecule has 0 bridgehead atoms. The number of aromatic nitrogens is 1. The zero-order valence-corrected chi connectivity index (χ0v) is 13.6. The van der Waals surface area contributed by atoms with Crippen LogP contribution >= 0.6 is 11.3 Å². The maximum atomic E-state index is 12.7. The van der Waals surface area contributed by atoms with E-state index in [0.29, 0.717) is 11.2 Å². The Hall–Kier alpha value is -1.76. The van der Waals surface area contributed by atoms with Gasteiger partial charge >= 0.3 is 6.18 Å². The molecule has 1 aliphatic rings. The Balaban J connectivity index is 1.61. The minimum Gasteiger partial charge on any atom is -0.371 e. The molecule has 1 aromatic heterocycles. The molecule has 0 radical (unpaired) electrons. The van der Waals surface area contributed by atoms with Gasteiger partial charge in [0, 0.05) is 31.9 Å². The molecule has 0 spiro atoms. The topological polar surface area (TPSA) is 19.4 Å². The molecule has 124 valence electrons. The molecule has 2 aromatic rings. The first-order valence-corrected chi connectivity index (χ1v) is 8.32. The normalized spacial score (nSPS) is 16.6. The van der Waals surface area contributed by atoms with E-state index in [4.69, 9.17) is 0 Å². The molecule has 0 atom stereocenters. The predicted octanol–water partition coefficient (Wildman–Crippen LogP) is 4.27. The average molecular weight is 341 g/mol. The second-order valence-electron chi connectivity index (χ2n) is 5.67. The molecule has 0 N–H and O–H groups in total. The molecule has 3 nitrogen and oxygen atoms in total. The van der Waals surface area contributed by atoms with Gasteiger partial charge in [-0.2, -0.15) is 13.2 Å². The zero-order valence-electron chi connectivity index (χ0n) is 12.8. The Kier molecular flexibility index (Phi) is 4.48. The average Bonchev–Trinajstić information content (AvgIpc) is 3.05. The van der Waals surface area contributed by atoms with E-state index < -0.39 is 11.1 Å². The lowest BCUT2D eigenvalue weighted by Crippen LogP contribution is -2.43. The van der Waals surface area contributed by atoms with Gasteiger partial charge in [0.1, 0.15) is 4.88 Å². The van der Waals surface area contributed by atoms with E-state index >= 15 is 0 Å². The standard InChI is InChI=1S/C16H18F3N3S/c1-21(12-5-3-2-4-6-12)13-7-9-22(10-8-13)15-20-11-14(23-15)16(17,18)19/h2-6,11,13H,7-10H2,1H3. The zero-order chi connectivity index (χ0) is 16.4. The van der Waals surface area contributed by atoms with Crippen molar-refractivity contribution in [2.45, 2.75) is 25.1 Å². The van der Waals surface area contributed by atoms with Crippen molar-refractivity contribution < 1.29 is 13.2 Å². The van der Waals surface area contributed by atoms with E-state index in [1.165, 1.54) is 5.69 Å². The Labute approximate surface area is 137 Å². The quantitative estimate of drug-likeness (QED) is 0.831. The highest BCUT2D eigenvalue weighted by Crippen LogP contribution is 2.37. The molecule has 3 rings (SSSR count). The largest absolute Gasteiger partial charge is 0.427 e. The van der Waals surface area contributed by atoms with Crippen molar-refractivity contribution in [2.75, 3.05) is 29.9 Å². The SMILES string of the molecule is CN(c1ccccc1)C1CCN(c2ncc(C(F)(F)F)s2)CC1. The minimum absolute atomic E-state index is 0.399. The third-order valence-corrected chi connectivity index (χ3v) is 5.32. The van der Waals surface area contributed by atoms with Gasteiger partial charge in [-0.1, -0.05) is 29.5 Å². The van der Waals surface area contributed by atoms with Crippen LogP contribution < -0.4 is 9.80 Å². The molecule has 0 aliphatic carbocycles. The maximum Gasteiger partial charge on any atom is 0.427 e. The number of piperidine rings is 1. The molecule has 2 heterocycles. The van der Waals surface area contributed by atoms with E-state index in [0.717, 1.165) is 43.5 Å². The van der Waals surface area contributed by atoms with Crippen molar-refractivity contribution in [3.8, 4) is 0 Å². The molecule has 1 aromatic carbocycles. The first-order valence-electron chi connectivity index (χ1n) is 7.51. The van der Waals surface area contributed by atoms with E-state index in [1.54, 1.807) is 0 Å². The molecule has 0 unspecified atom stereocenters. The van der Waals surface area contributed by atoms with Gasteiger partial charge in [-0.05, 0) is 25.0 Å². The summed E-state index contributed by atoms with van der Waals surface area (Å²) < 4.78 is 38.0. The summed E-state index contributed by atoms with van der Waals surface area (Å²) in [5, 5.41) is 0.470. The Morgan fingerprint density at radius 2 is 1.83 bits per heavy atom. The van der Waals surface area contributed by atoms with Gasteiger partial charge < -0.3 is 9.80 Å². The van der Waals surface area contributed by atoms with Crippen LogP contribution in [0.4, 0.5) is 24.0 Å². The number of rotatable bonds is 3. The highest BCUT2D eigenvalue weighted by Gasteiger charge is 2.34. The summed E-state index contributed by atoms with van der Waals surface area (Å²) in [6, 6.07) is 10.5. The van der Waals surface area contributed by atoms with Gasteiger partial charge in [-0.25, -0.2) is 4.98 Å². The number of benzene rings is 1. The Bertz CT molecular complexity index is 634. The molecule has 1 saturated heterocycles. The smallest absolute Gasteiger partial charge is 0.371 e. The van der Waals surface area contributed by atoms with Crippen LogP contribution in [-0.2, 0) is 6.18 Å². The fourth-order valence-electron chi connectivity index (χ4n) is 2.86. The van der Waals surface area contributed by atoms with Gasteiger partial charge in [0.05, 0.1) is 6.20 Å². The van der Waals surface area contributed by atoms with Gasteiger partial charge in [0.2, 0.25) is 0 Å². The Morgan fingerprint density at radius 1 is 1.17 bits per heavy atom. The number of alkyl halides is 3. The predicted molar refractivity (Wildman–Crippen MR) is 87.2 cm³/mol. The van der Waals surface area contributed by atoms with Crippen molar-refractivity contribution in [3.63, 3.8) is 0 Å². The number of para-hydroxylation sites is 1. The number of nitrogens with zero attached hydrogens (tertiary/aromatic N) is 3. The van der Waals surface area contributed by atoms with Crippen LogP contribution in [0.15, 0.2) is 36.5 Å². The monoisotopic (exact) mass is 341 g/mol. The Morgan fingerprint density at radius 3 is 2.39 bits per heavy atom. The highest BCUT2D eigenvalue weighted by atomic mass is 32.1. The maximum absolute atomic E-state index is 12.7. The summed E-state index contributed by atoms with van der Waals surface area (Å²) in [7, 11) is 2.07. The number of thiazole rings is 1. The number of hydrogen-bond donors (Lipinski definition) is 0. The summed E-state index contributed by atoms with van der Waals surface area (Å²) in [4.78, 5) is 7.52. The van der Waals surface area contributed by atoms with Crippen molar-refractivity contribution in [1.29, 1.82) is 0 Å². The molecule has 23 heavy (non-hydrogen) atoms. The fourth-order valence-corrected chi connectivity index (χ4v) is 3.70. The van der Waals surface area contributed by atoms with Crippen molar-refractivity contribution in [2.24, 2.45) is 0 Å².